The van der Waals surface area contributed by atoms with Crippen LogP contribution in [-0.2, 0) is 0 Å². The minimum absolute atomic E-state index is 0.669. The van der Waals surface area contributed by atoms with E-state index >= 15 is 0 Å². The number of nitrogens with one attached hydrogen (secondary N) is 1. The van der Waals surface area contributed by atoms with Gasteiger partial charge in [-0.15, -0.1) is 0 Å². The van der Waals surface area contributed by atoms with Gasteiger partial charge in [-0.25, -0.2) is 0 Å². The summed E-state index contributed by atoms with van der Waals surface area (Å²) in [5.74, 6) is 0. The van der Waals surface area contributed by atoms with Gasteiger partial charge in [0.15, 0.2) is 0 Å². The molecule has 0 radical (unpaired) electrons. The van der Waals surface area contributed by atoms with Crippen LogP contribution in [-0.4, -0.2) is 16.2 Å². The lowest BCUT2D eigenvalue weighted by Gasteiger charge is -1.99. The van der Waals surface area contributed by atoms with Gasteiger partial charge in [0.25, 0.3) is 0 Å². The van der Waals surface area contributed by atoms with Gasteiger partial charge in [-0.1, -0.05) is 6.07 Å². The van der Waals surface area contributed by atoms with Crippen molar-refractivity contribution in [2.45, 2.75) is 0 Å². The van der Waals surface area contributed by atoms with Gasteiger partial charge in [0.2, 0.25) is 0 Å². The van der Waals surface area contributed by atoms with E-state index in [9.17, 15) is 0 Å². The summed E-state index contributed by atoms with van der Waals surface area (Å²) in [5, 5.41) is 7.02. The van der Waals surface area contributed by atoms with Crippen LogP contribution in [0.15, 0.2) is 42.9 Å². The molecule has 0 atom stereocenters. The lowest BCUT2D eigenvalue weighted by atomic mass is 10.1. The maximum absolute atomic E-state index is 7.02. The molecule has 2 aromatic rings. The lowest BCUT2D eigenvalue weighted by molar-refractivity contribution is 1.28. The van der Waals surface area contributed by atoms with Crippen LogP contribution < -0.4 is 0 Å². The Morgan fingerprint density at radius 2 is 1.79 bits per heavy atom. The van der Waals surface area contributed by atoms with Gasteiger partial charge >= 0.3 is 0 Å². The van der Waals surface area contributed by atoms with Crippen molar-refractivity contribution in [2.75, 3.05) is 0 Å². The maximum Gasteiger partial charge on any atom is 0.0805 e. The zero-order valence-corrected chi connectivity index (χ0v) is 7.51. The Bertz CT molecular complexity index is 420. The zero-order valence-electron chi connectivity index (χ0n) is 7.51. The summed E-state index contributed by atoms with van der Waals surface area (Å²) in [7, 11) is 0. The first-order chi connectivity index (χ1) is 6.90. The van der Waals surface area contributed by atoms with Crippen molar-refractivity contribution in [2.24, 2.45) is 0 Å². The molecule has 0 aromatic carbocycles. The Labute approximate surface area is 82.0 Å². The van der Waals surface area contributed by atoms with Crippen molar-refractivity contribution in [3.63, 3.8) is 0 Å². The molecule has 0 bridgehead atoms. The molecule has 0 amide bonds. The number of hydrogen-bond acceptors (Lipinski definition) is 3. The first-order valence-electron chi connectivity index (χ1n) is 4.27. The molecule has 0 saturated carbocycles. The summed E-state index contributed by atoms with van der Waals surface area (Å²) >= 11 is 0. The highest BCUT2D eigenvalue weighted by Gasteiger charge is 1.96. The molecule has 0 spiro atoms. The molecule has 3 heteroatoms. The normalized spacial score (nSPS) is 9.71. The first kappa shape index (κ1) is 8.56. The average molecular weight is 183 g/mol. The summed E-state index contributed by atoms with van der Waals surface area (Å²) < 4.78 is 0. The number of rotatable bonds is 2. The van der Waals surface area contributed by atoms with Crippen LogP contribution >= 0.6 is 0 Å². The van der Waals surface area contributed by atoms with E-state index in [0.29, 0.717) is 5.69 Å². The van der Waals surface area contributed by atoms with Gasteiger partial charge < -0.3 is 5.41 Å². The second kappa shape index (κ2) is 3.79. The monoisotopic (exact) mass is 183 g/mol. The van der Waals surface area contributed by atoms with Crippen LogP contribution in [0.2, 0.25) is 0 Å². The molecule has 2 aromatic heterocycles. The number of pyridine rings is 2. The fraction of sp³-hybridized carbons (Fsp3) is 0. The molecule has 0 aliphatic carbocycles. The van der Waals surface area contributed by atoms with E-state index in [-0.39, 0.29) is 0 Å². The van der Waals surface area contributed by atoms with Crippen molar-refractivity contribution in [3.05, 3.63) is 48.5 Å². The SMILES string of the molecule is N=Cc1ccc(-c2ccncc2)cn1. The molecule has 14 heavy (non-hydrogen) atoms. The van der Waals surface area contributed by atoms with Crippen LogP contribution in [0, 0.1) is 5.41 Å². The van der Waals surface area contributed by atoms with E-state index in [0.717, 1.165) is 11.1 Å². The van der Waals surface area contributed by atoms with Crippen LogP contribution in [0.25, 0.3) is 11.1 Å². The number of hydrogen-bond donors (Lipinski definition) is 1. The summed E-state index contributed by atoms with van der Waals surface area (Å²) in [6, 6.07) is 7.63. The van der Waals surface area contributed by atoms with E-state index in [1.807, 2.05) is 24.3 Å². The molecule has 0 unspecified atom stereocenters. The van der Waals surface area contributed by atoms with Crippen molar-refractivity contribution in [3.8, 4) is 11.1 Å². The molecule has 1 N–H and O–H groups in total. The highest BCUT2D eigenvalue weighted by atomic mass is 14.7. The zero-order chi connectivity index (χ0) is 9.80. The molecule has 0 fully saturated rings. The van der Waals surface area contributed by atoms with Gasteiger partial charge in [-0.2, -0.15) is 0 Å². The predicted molar refractivity (Wildman–Crippen MR) is 55.4 cm³/mol. The lowest BCUT2D eigenvalue weighted by Crippen LogP contribution is -1.86. The van der Waals surface area contributed by atoms with E-state index in [2.05, 4.69) is 9.97 Å². The van der Waals surface area contributed by atoms with Crippen molar-refractivity contribution >= 4 is 6.21 Å². The third-order valence-electron chi connectivity index (χ3n) is 1.95. The van der Waals surface area contributed by atoms with Crippen LogP contribution in [0.4, 0.5) is 0 Å². The Hall–Kier alpha value is -2.03. The molecule has 68 valence electrons. The van der Waals surface area contributed by atoms with E-state index in [1.54, 1.807) is 18.6 Å². The third kappa shape index (κ3) is 1.66. The van der Waals surface area contributed by atoms with E-state index < -0.39 is 0 Å². The van der Waals surface area contributed by atoms with E-state index in [1.165, 1.54) is 6.21 Å². The Morgan fingerprint density at radius 1 is 1.00 bits per heavy atom. The van der Waals surface area contributed by atoms with E-state index in [4.69, 9.17) is 5.41 Å². The largest absolute Gasteiger partial charge is 0.307 e. The van der Waals surface area contributed by atoms with Gasteiger partial charge in [0, 0.05) is 30.4 Å². The minimum atomic E-state index is 0.669. The Balaban J connectivity index is 2.39. The fourth-order valence-corrected chi connectivity index (χ4v) is 1.21. The summed E-state index contributed by atoms with van der Waals surface area (Å²) in [5.41, 5.74) is 2.80. The van der Waals surface area contributed by atoms with Gasteiger partial charge in [-0.3, -0.25) is 9.97 Å². The van der Waals surface area contributed by atoms with Crippen molar-refractivity contribution in [1.29, 1.82) is 5.41 Å². The predicted octanol–water partition coefficient (Wildman–Crippen LogP) is 2.14. The summed E-state index contributed by atoms with van der Waals surface area (Å²) in [4.78, 5) is 8.06. The number of nitrogens with zero attached hydrogens (tertiary/aromatic N) is 2. The van der Waals surface area contributed by atoms with Gasteiger partial charge in [-0.05, 0) is 23.8 Å². The van der Waals surface area contributed by atoms with Crippen LogP contribution in [0.3, 0.4) is 0 Å². The average Bonchev–Trinajstić information content (AvgIpc) is 2.30. The first-order valence-corrected chi connectivity index (χ1v) is 4.27. The highest BCUT2D eigenvalue weighted by Crippen LogP contribution is 2.16. The molecule has 0 aliphatic rings. The highest BCUT2D eigenvalue weighted by molar-refractivity contribution is 5.75. The summed E-state index contributed by atoms with van der Waals surface area (Å²) in [6.07, 6.45) is 6.49. The standard InChI is InChI=1S/C11H9N3/c12-7-11-2-1-10(8-14-11)9-3-5-13-6-4-9/h1-8,12H. The molecule has 0 saturated heterocycles. The van der Waals surface area contributed by atoms with Crippen LogP contribution in [0.1, 0.15) is 5.69 Å². The van der Waals surface area contributed by atoms with Crippen LogP contribution in [0.5, 0.6) is 0 Å². The van der Waals surface area contributed by atoms with Gasteiger partial charge in [0.05, 0.1) is 5.69 Å². The number of aromatic nitrogens is 2. The molecular weight excluding hydrogens is 174 g/mol. The molecule has 2 rings (SSSR count). The minimum Gasteiger partial charge on any atom is -0.307 e. The molecular formula is C11H9N3. The topological polar surface area (TPSA) is 49.6 Å². The van der Waals surface area contributed by atoms with Crippen molar-refractivity contribution < 1.29 is 0 Å². The Kier molecular flexibility index (Phi) is 2.32. The third-order valence-corrected chi connectivity index (χ3v) is 1.95. The Morgan fingerprint density at radius 3 is 2.36 bits per heavy atom. The summed E-state index contributed by atoms with van der Waals surface area (Å²) in [6.45, 7) is 0. The molecule has 2 heterocycles. The smallest absolute Gasteiger partial charge is 0.0805 e. The second-order valence-electron chi connectivity index (χ2n) is 2.85. The molecule has 3 nitrogen and oxygen atoms in total. The maximum atomic E-state index is 7.02. The van der Waals surface area contributed by atoms with Gasteiger partial charge in [0.1, 0.15) is 0 Å². The quantitative estimate of drug-likeness (QED) is 0.725. The fourth-order valence-electron chi connectivity index (χ4n) is 1.21. The molecule has 0 aliphatic heterocycles. The van der Waals surface area contributed by atoms with Crippen molar-refractivity contribution in [1.82, 2.24) is 9.97 Å². The second-order valence-corrected chi connectivity index (χ2v) is 2.85.